The van der Waals surface area contributed by atoms with Crippen LogP contribution in [0.2, 0.25) is 0 Å². The molecule has 0 atom stereocenters. The molecule has 0 aromatic rings. The summed E-state index contributed by atoms with van der Waals surface area (Å²) < 4.78 is 5.21. The first-order valence-electron chi connectivity index (χ1n) is 6.51. The third-order valence-electron chi connectivity index (χ3n) is 3.11. The van der Waals surface area contributed by atoms with E-state index in [9.17, 15) is 4.79 Å². The van der Waals surface area contributed by atoms with Crippen LogP contribution in [0.15, 0.2) is 12.2 Å². The summed E-state index contributed by atoms with van der Waals surface area (Å²) in [6.45, 7) is 9.80. The van der Waals surface area contributed by atoms with E-state index in [0.29, 0.717) is 18.2 Å². The molecule has 1 N–H and O–H groups in total. The molecule has 17 heavy (non-hydrogen) atoms. The van der Waals surface area contributed by atoms with Gasteiger partial charge in [-0.05, 0) is 33.6 Å². The van der Waals surface area contributed by atoms with E-state index >= 15 is 0 Å². The van der Waals surface area contributed by atoms with Crippen molar-refractivity contribution >= 4 is 5.97 Å². The third-order valence-corrected chi connectivity index (χ3v) is 3.11. The van der Waals surface area contributed by atoms with Crippen LogP contribution in [0.4, 0.5) is 0 Å². The standard InChI is InChI=1S/C14H25NO2/c1-11(2)13(16)17-10-14(3,4)15-12-8-6-5-7-9-12/h12,15H,1,5-10H2,2-4H3. The molecular weight excluding hydrogens is 214 g/mol. The lowest BCUT2D eigenvalue weighted by Gasteiger charge is -2.33. The number of hydrogen-bond donors (Lipinski definition) is 1. The molecule has 0 bridgehead atoms. The van der Waals surface area contributed by atoms with Crippen molar-refractivity contribution in [1.82, 2.24) is 5.32 Å². The van der Waals surface area contributed by atoms with Crippen molar-refractivity contribution in [1.29, 1.82) is 0 Å². The Balaban J connectivity index is 2.34. The van der Waals surface area contributed by atoms with Crippen molar-refractivity contribution in [2.24, 2.45) is 0 Å². The highest BCUT2D eigenvalue weighted by Crippen LogP contribution is 2.20. The maximum Gasteiger partial charge on any atom is 0.333 e. The van der Waals surface area contributed by atoms with Crippen LogP contribution < -0.4 is 5.32 Å². The van der Waals surface area contributed by atoms with E-state index in [0.717, 1.165) is 0 Å². The van der Waals surface area contributed by atoms with Gasteiger partial charge in [0.2, 0.25) is 0 Å². The number of nitrogens with one attached hydrogen (secondary N) is 1. The minimum absolute atomic E-state index is 0.160. The Kier molecular flexibility index (Phi) is 5.19. The number of hydrogen-bond acceptors (Lipinski definition) is 3. The summed E-state index contributed by atoms with van der Waals surface area (Å²) >= 11 is 0. The van der Waals surface area contributed by atoms with Gasteiger partial charge in [0, 0.05) is 17.2 Å². The topological polar surface area (TPSA) is 38.3 Å². The molecule has 1 saturated carbocycles. The van der Waals surface area contributed by atoms with Crippen LogP contribution in [-0.4, -0.2) is 24.2 Å². The molecule has 0 aromatic carbocycles. The Morgan fingerprint density at radius 3 is 2.47 bits per heavy atom. The Morgan fingerprint density at radius 2 is 1.94 bits per heavy atom. The van der Waals surface area contributed by atoms with Gasteiger partial charge in [0.25, 0.3) is 0 Å². The van der Waals surface area contributed by atoms with Gasteiger partial charge in [-0.25, -0.2) is 4.79 Å². The zero-order valence-electron chi connectivity index (χ0n) is 11.3. The highest BCUT2D eigenvalue weighted by Gasteiger charge is 2.25. The molecule has 0 unspecified atom stereocenters. The van der Waals surface area contributed by atoms with E-state index in [1.165, 1.54) is 32.1 Å². The van der Waals surface area contributed by atoms with Crippen LogP contribution in [0.1, 0.15) is 52.9 Å². The van der Waals surface area contributed by atoms with Crippen molar-refractivity contribution in [3.63, 3.8) is 0 Å². The first-order chi connectivity index (χ1) is 7.91. The Labute approximate surface area is 105 Å². The minimum atomic E-state index is -0.302. The summed E-state index contributed by atoms with van der Waals surface area (Å²) in [7, 11) is 0. The van der Waals surface area contributed by atoms with Crippen molar-refractivity contribution < 1.29 is 9.53 Å². The fourth-order valence-electron chi connectivity index (χ4n) is 2.21. The number of rotatable bonds is 5. The maximum absolute atomic E-state index is 11.3. The highest BCUT2D eigenvalue weighted by molar-refractivity contribution is 5.86. The number of esters is 1. The average molecular weight is 239 g/mol. The fourth-order valence-corrected chi connectivity index (χ4v) is 2.21. The summed E-state index contributed by atoms with van der Waals surface area (Å²) in [5, 5.41) is 3.58. The van der Waals surface area contributed by atoms with Crippen LogP contribution in [0.3, 0.4) is 0 Å². The van der Waals surface area contributed by atoms with Crippen molar-refractivity contribution in [3.8, 4) is 0 Å². The fraction of sp³-hybridized carbons (Fsp3) is 0.786. The summed E-state index contributed by atoms with van der Waals surface area (Å²) in [6.07, 6.45) is 6.43. The summed E-state index contributed by atoms with van der Waals surface area (Å²) in [6, 6.07) is 0.572. The molecular formula is C14H25NO2. The molecule has 0 spiro atoms. The van der Waals surface area contributed by atoms with Crippen molar-refractivity contribution in [3.05, 3.63) is 12.2 Å². The molecule has 1 aliphatic carbocycles. The number of carbonyl (C=O) groups is 1. The predicted octanol–water partition coefficient (Wildman–Crippen LogP) is 2.81. The molecule has 0 amide bonds. The quantitative estimate of drug-likeness (QED) is 0.592. The lowest BCUT2D eigenvalue weighted by Crippen LogP contribution is -2.50. The van der Waals surface area contributed by atoms with Gasteiger partial charge in [0.15, 0.2) is 0 Å². The number of carbonyl (C=O) groups excluding carboxylic acids is 1. The van der Waals surface area contributed by atoms with Crippen LogP contribution in [0, 0.1) is 0 Å². The average Bonchev–Trinajstić information content (AvgIpc) is 2.26. The van der Waals surface area contributed by atoms with E-state index in [1.54, 1.807) is 6.92 Å². The molecule has 98 valence electrons. The minimum Gasteiger partial charge on any atom is -0.460 e. The maximum atomic E-state index is 11.3. The van der Waals surface area contributed by atoms with Gasteiger partial charge < -0.3 is 10.1 Å². The molecule has 0 aromatic heterocycles. The highest BCUT2D eigenvalue weighted by atomic mass is 16.5. The van der Waals surface area contributed by atoms with Gasteiger partial charge >= 0.3 is 5.97 Å². The molecule has 0 heterocycles. The van der Waals surface area contributed by atoms with Gasteiger partial charge in [-0.3, -0.25) is 0 Å². The molecule has 0 saturated heterocycles. The van der Waals surface area contributed by atoms with E-state index in [-0.39, 0.29) is 11.5 Å². The third kappa shape index (κ3) is 5.35. The van der Waals surface area contributed by atoms with E-state index < -0.39 is 0 Å². The molecule has 0 aliphatic heterocycles. The molecule has 1 rings (SSSR count). The van der Waals surface area contributed by atoms with Crippen molar-refractivity contribution in [2.45, 2.75) is 64.5 Å². The Morgan fingerprint density at radius 1 is 1.35 bits per heavy atom. The van der Waals surface area contributed by atoms with E-state index in [4.69, 9.17) is 4.74 Å². The molecule has 3 nitrogen and oxygen atoms in total. The van der Waals surface area contributed by atoms with E-state index in [2.05, 4.69) is 25.7 Å². The first kappa shape index (κ1) is 14.2. The van der Waals surface area contributed by atoms with Crippen LogP contribution in [0.25, 0.3) is 0 Å². The second-order valence-corrected chi connectivity index (χ2v) is 5.72. The number of ether oxygens (including phenoxy) is 1. The van der Waals surface area contributed by atoms with Crippen LogP contribution in [-0.2, 0) is 9.53 Å². The lowest BCUT2D eigenvalue weighted by atomic mass is 9.93. The second kappa shape index (κ2) is 6.20. The molecule has 1 fully saturated rings. The normalized spacial score (nSPS) is 17.8. The largest absolute Gasteiger partial charge is 0.460 e. The molecule has 0 radical (unpaired) electrons. The van der Waals surface area contributed by atoms with Gasteiger partial charge in [-0.15, -0.1) is 0 Å². The van der Waals surface area contributed by atoms with Gasteiger partial charge in [-0.1, -0.05) is 25.8 Å². The zero-order chi connectivity index (χ0) is 12.9. The lowest BCUT2D eigenvalue weighted by molar-refractivity contribution is -0.140. The Hall–Kier alpha value is -0.830. The van der Waals surface area contributed by atoms with Crippen LogP contribution >= 0.6 is 0 Å². The summed E-state index contributed by atoms with van der Waals surface area (Å²) in [5.41, 5.74) is 0.297. The SMILES string of the molecule is C=C(C)C(=O)OCC(C)(C)NC1CCCCC1. The first-order valence-corrected chi connectivity index (χ1v) is 6.51. The van der Waals surface area contributed by atoms with Crippen molar-refractivity contribution in [2.75, 3.05) is 6.61 Å². The Bertz CT molecular complexity index is 278. The van der Waals surface area contributed by atoms with Crippen LogP contribution in [0.5, 0.6) is 0 Å². The zero-order valence-corrected chi connectivity index (χ0v) is 11.3. The summed E-state index contributed by atoms with van der Waals surface area (Å²) in [5.74, 6) is -0.302. The van der Waals surface area contributed by atoms with Gasteiger partial charge in [0.1, 0.15) is 6.61 Å². The smallest absolute Gasteiger partial charge is 0.333 e. The van der Waals surface area contributed by atoms with Gasteiger partial charge in [-0.2, -0.15) is 0 Å². The molecule has 3 heteroatoms. The summed E-state index contributed by atoms with van der Waals surface area (Å²) in [4.78, 5) is 11.3. The molecule has 1 aliphatic rings. The predicted molar refractivity (Wildman–Crippen MR) is 69.9 cm³/mol. The van der Waals surface area contributed by atoms with E-state index in [1.807, 2.05) is 0 Å². The van der Waals surface area contributed by atoms with Gasteiger partial charge in [0.05, 0.1) is 0 Å². The monoisotopic (exact) mass is 239 g/mol. The second-order valence-electron chi connectivity index (χ2n) is 5.72.